The van der Waals surface area contributed by atoms with E-state index in [1.165, 1.54) is 20.8 Å². The van der Waals surface area contributed by atoms with Gasteiger partial charge in [-0.1, -0.05) is 20.8 Å². The Morgan fingerprint density at radius 1 is 1.53 bits per heavy atom. The van der Waals surface area contributed by atoms with E-state index >= 15 is 0 Å². The second kappa shape index (κ2) is 4.75. The van der Waals surface area contributed by atoms with Crippen molar-refractivity contribution in [3.8, 4) is 0 Å². The number of amides is 1. The zero-order chi connectivity index (χ0) is 12.2. The van der Waals surface area contributed by atoms with Crippen molar-refractivity contribution in [2.75, 3.05) is 0 Å². The molecule has 7 nitrogen and oxygen atoms in total. The number of rotatable bonds is 4. The second-order valence-corrected chi connectivity index (χ2v) is 4.03. The van der Waals surface area contributed by atoms with Crippen LogP contribution < -0.4 is 0 Å². The topological polar surface area (TPSA) is 109 Å². The SMILES string of the molecule is CC(C(C)C(C)(C)C(=O)N=[N+]=[N-])[N+](=O)[O-]. The zero-order valence-corrected chi connectivity index (χ0v) is 9.17. The predicted molar refractivity (Wildman–Crippen MR) is 53.6 cm³/mol. The fourth-order valence-electron chi connectivity index (χ4n) is 1.15. The molecule has 0 saturated heterocycles. The van der Waals surface area contributed by atoms with Crippen LogP contribution in [0.1, 0.15) is 27.7 Å². The van der Waals surface area contributed by atoms with Gasteiger partial charge in [-0.25, -0.2) is 0 Å². The molecule has 7 heteroatoms. The summed E-state index contributed by atoms with van der Waals surface area (Å²) in [5, 5.41) is 13.5. The lowest BCUT2D eigenvalue weighted by Gasteiger charge is -2.28. The maximum atomic E-state index is 11.4. The van der Waals surface area contributed by atoms with Crippen LogP contribution in [0.25, 0.3) is 10.4 Å². The highest BCUT2D eigenvalue weighted by Gasteiger charge is 2.40. The number of nitro groups is 1. The van der Waals surface area contributed by atoms with Crippen LogP contribution in [-0.4, -0.2) is 16.9 Å². The lowest BCUT2D eigenvalue weighted by molar-refractivity contribution is -0.529. The number of hydrogen-bond donors (Lipinski definition) is 0. The summed E-state index contributed by atoms with van der Waals surface area (Å²) in [7, 11) is 0. The summed E-state index contributed by atoms with van der Waals surface area (Å²) in [4.78, 5) is 23.9. The van der Waals surface area contributed by atoms with Crippen LogP contribution in [-0.2, 0) is 4.79 Å². The van der Waals surface area contributed by atoms with Gasteiger partial charge in [-0.3, -0.25) is 14.9 Å². The van der Waals surface area contributed by atoms with Gasteiger partial charge in [0.15, 0.2) is 0 Å². The average Bonchev–Trinajstić information content (AvgIpc) is 2.15. The maximum Gasteiger partial charge on any atom is 0.225 e. The molecule has 0 aromatic rings. The Morgan fingerprint density at radius 2 is 2.00 bits per heavy atom. The molecule has 0 aliphatic rings. The van der Waals surface area contributed by atoms with E-state index in [9.17, 15) is 14.9 Å². The van der Waals surface area contributed by atoms with Crippen molar-refractivity contribution in [2.45, 2.75) is 33.7 Å². The molecule has 15 heavy (non-hydrogen) atoms. The summed E-state index contributed by atoms with van der Waals surface area (Å²) in [5.41, 5.74) is 7.10. The van der Waals surface area contributed by atoms with E-state index < -0.39 is 28.2 Å². The van der Waals surface area contributed by atoms with Gasteiger partial charge in [-0.15, -0.1) is 0 Å². The minimum absolute atomic E-state index is 0.449. The lowest BCUT2D eigenvalue weighted by atomic mass is 9.76. The Bertz CT molecular complexity index is 320. The summed E-state index contributed by atoms with van der Waals surface area (Å²) >= 11 is 0. The molecule has 0 N–H and O–H groups in total. The van der Waals surface area contributed by atoms with Gasteiger partial charge in [0.25, 0.3) is 0 Å². The smallest absolute Gasteiger partial charge is 0.225 e. The Hall–Kier alpha value is -1.62. The molecule has 2 atom stereocenters. The summed E-state index contributed by atoms with van der Waals surface area (Å²) in [6.45, 7) is 6.09. The third-order valence-corrected chi connectivity index (χ3v) is 2.88. The van der Waals surface area contributed by atoms with Gasteiger partial charge in [0, 0.05) is 28.1 Å². The highest BCUT2D eigenvalue weighted by atomic mass is 16.6. The van der Waals surface area contributed by atoms with Gasteiger partial charge in [0.2, 0.25) is 11.9 Å². The molecule has 0 aromatic heterocycles. The number of azide groups is 1. The molecule has 0 saturated carbocycles. The Balaban J connectivity index is 4.94. The molecule has 0 radical (unpaired) electrons. The van der Waals surface area contributed by atoms with E-state index in [1.54, 1.807) is 6.92 Å². The van der Waals surface area contributed by atoms with Gasteiger partial charge in [0.1, 0.15) is 0 Å². The van der Waals surface area contributed by atoms with Crippen LogP contribution in [0.4, 0.5) is 0 Å². The molecule has 0 aliphatic heterocycles. The van der Waals surface area contributed by atoms with E-state index in [4.69, 9.17) is 5.53 Å². The third-order valence-electron chi connectivity index (χ3n) is 2.88. The van der Waals surface area contributed by atoms with Gasteiger partial charge >= 0.3 is 0 Å². The third kappa shape index (κ3) is 2.92. The molecule has 0 aromatic carbocycles. The summed E-state index contributed by atoms with van der Waals surface area (Å²) in [5.74, 6) is -1.18. The first-order chi connectivity index (χ1) is 6.75. The largest absolute Gasteiger partial charge is 0.292 e. The van der Waals surface area contributed by atoms with E-state index in [1.807, 2.05) is 0 Å². The molecule has 0 heterocycles. The molecule has 0 aliphatic carbocycles. The number of nitrogens with zero attached hydrogens (tertiary/aromatic N) is 4. The van der Waals surface area contributed by atoms with Crippen LogP contribution in [0.15, 0.2) is 5.11 Å². The standard InChI is InChI=1S/C8H14N4O3/c1-5(6(2)12(14)15)8(3,4)7(13)10-11-9/h5-6H,1-4H3. The van der Waals surface area contributed by atoms with Gasteiger partial charge in [0.05, 0.1) is 0 Å². The zero-order valence-electron chi connectivity index (χ0n) is 9.17. The van der Waals surface area contributed by atoms with Crippen molar-refractivity contribution in [3.63, 3.8) is 0 Å². The molecular formula is C8H14N4O3. The molecular weight excluding hydrogens is 200 g/mol. The van der Waals surface area contributed by atoms with Crippen LogP contribution in [0, 0.1) is 21.4 Å². The minimum atomic E-state index is -1.03. The van der Waals surface area contributed by atoms with Crippen molar-refractivity contribution >= 4 is 5.91 Å². The molecule has 0 fully saturated rings. The summed E-state index contributed by atoms with van der Waals surface area (Å²) in [6, 6.07) is -0.863. The number of carbonyl (C=O) groups excluding carboxylic acids is 1. The van der Waals surface area contributed by atoms with Crippen LogP contribution in [0.3, 0.4) is 0 Å². The first-order valence-electron chi connectivity index (χ1n) is 4.48. The Kier molecular flexibility index (Phi) is 4.23. The molecule has 1 amide bonds. The summed E-state index contributed by atoms with van der Waals surface area (Å²) < 4.78 is 0. The lowest BCUT2D eigenvalue weighted by Crippen LogP contribution is -2.39. The van der Waals surface area contributed by atoms with Gasteiger partial charge in [-0.2, -0.15) is 0 Å². The van der Waals surface area contributed by atoms with Crippen molar-refractivity contribution in [2.24, 2.45) is 16.4 Å². The van der Waals surface area contributed by atoms with Crippen molar-refractivity contribution in [3.05, 3.63) is 20.6 Å². The predicted octanol–water partition coefficient (Wildman–Crippen LogP) is 2.15. The molecule has 0 spiro atoms. The normalized spacial score (nSPS) is 14.9. The van der Waals surface area contributed by atoms with Crippen LogP contribution >= 0.6 is 0 Å². The van der Waals surface area contributed by atoms with Crippen LogP contribution in [0.2, 0.25) is 0 Å². The van der Waals surface area contributed by atoms with Crippen molar-refractivity contribution in [1.82, 2.24) is 0 Å². The van der Waals surface area contributed by atoms with Crippen molar-refractivity contribution in [1.29, 1.82) is 0 Å². The quantitative estimate of drug-likeness (QED) is 0.235. The van der Waals surface area contributed by atoms with E-state index in [0.717, 1.165) is 0 Å². The minimum Gasteiger partial charge on any atom is -0.292 e. The average molecular weight is 214 g/mol. The highest BCUT2D eigenvalue weighted by Crippen LogP contribution is 2.31. The monoisotopic (exact) mass is 214 g/mol. The molecule has 0 bridgehead atoms. The first-order valence-corrected chi connectivity index (χ1v) is 4.48. The van der Waals surface area contributed by atoms with Crippen molar-refractivity contribution < 1.29 is 9.72 Å². The fourth-order valence-corrected chi connectivity index (χ4v) is 1.15. The van der Waals surface area contributed by atoms with E-state index in [0.29, 0.717) is 0 Å². The van der Waals surface area contributed by atoms with E-state index in [2.05, 4.69) is 10.0 Å². The number of hydrogen-bond acceptors (Lipinski definition) is 3. The van der Waals surface area contributed by atoms with Gasteiger partial charge < -0.3 is 0 Å². The Morgan fingerprint density at radius 3 is 2.33 bits per heavy atom. The van der Waals surface area contributed by atoms with E-state index in [-0.39, 0.29) is 0 Å². The van der Waals surface area contributed by atoms with Crippen LogP contribution in [0.5, 0.6) is 0 Å². The fraction of sp³-hybridized carbons (Fsp3) is 0.875. The summed E-state index contributed by atoms with van der Waals surface area (Å²) in [6.07, 6.45) is 0. The molecule has 2 unspecified atom stereocenters. The molecule has 0 rings (SSSR count). The van der Waals surface area contributed by atoms with Gasteiger partial charge in [-0.05, 0) is 10.6 Å². The number of carbonyl (C=O) groups is 1. The first kappa shape index (κ1) is 13.4. The Labute approximate surface area is 87.2 Å². The highest BCUT2D eigenvalue weighted by molar-refractivity contribution is 5.82. The molecule has 84 valence electrons. The maximum absolute atomic E-state index is 11.4. The second-order valence-electron chi connectivity index (χ2n) is 4.03.